The van der Waals surface area contributed by atoms with E-state index in [-0.39, 0.29) is 18.5 Å². The maximum absolute atomic E-state index is 13.1. The lowest BCUT2D eigenvalue weighted by molar-refractivity contribution is -0.302. The second kappa shape index (κ2) is 75.8. The summed E-state index contributed by atoms with van der Waals surface area (Å²) in [5.74, 6) is -0.167. The molecule has 0 bridgehead atoms. The van der Waals surface area contributed by atoms with Crippen LogP contribution in [0.4, 0.5) is 0 Å². The van der Waals surface area contributed by atoms with E-state index >= 15 is 0 Å². The first kappa shape index (κ1) is 93.6. The number of nitrogens with one attached hydrogen (secondary N) is 1. The molecule has 0 aromatic rings. The van der Waals surface area contributed by atoms with E-state index in [2.05, 4.69) is 55.6 Å². The van der Waals surface area contributed by atoms with E-state index < -0.39 is 49.5 Å². The summed E-state index contributed by atoms with van der Waals surface area (Å²) in [4.78, 5) is 25.2. The summed E-state index contributed by atoms with van der Waals surface area (Å²) in [6.45, 7) is 4.38. The molecule has 7 unspecified atom stereocenters. The number of rotatable bonds is 77. The Morgan fingerprint density at radius 2 is 0.694 bits per heavy atom. The molecule has 1 aliphatic rings. The second-order valence-corrected chi connectivity index (χ2v) is 29.9. The fourth-order valence-corrected chi connectivity index (χ4v) is 13.7. The van der Waals surface area contributed by atoms with E-state index in [1.54, 1.807) is 6.08 Å². The highest BCUT2D eigenvalue weighted by Gasteiger charge is 2.44. The number of allylic oxidation sites excluding steroid dienone is 7. The molecule has 0 aromatic carbocycles. The summed E-state index contributed by atoms with van der Waals surface area (Å²) in [6, 6.07) is -0.826. The summed E-state index contributed by atoms with van der Waals surface area (Å²) in [6.07, 6.45) is 91.7. The van der Waals surface area contributed by atoms with Gasteiger partial charge < -0.3 is 45.1 Å². The van der Waals surface area contributed by atoms with Crippen molar-refractivity contribution in [3.05, 3.63) is 48.6 Å². The molecule has 1 aliphatic heterocycles. The molecule has 1 heterocycles. The molecule has 1 fully saturated rings. The molecule has 11 nitrogen and oxygen atoms in total. The number of esters is 1. The molecular formula is C87H163NO10. The molecule has 576 valence electrons. The minimum absolute atomic E-state index is 0.0196. The van der Waals surface area contributed by atoms with E-state index in [0.717, 1.165) is 57.8 Å². The van der Waals surface area contributed by atoms with Crippen LogP contribution in [0.25, 0.3) is 0 Å². The average molecular weight is 1380 g/mol. The van der Waals surface area contributed by atoms with E-state index in [0.29, 0.717) is 19.4 Å². The van der Waals surface area contributed by atoms with Crippen molar-refractivity contribution in [3.8, 4) is 0 Å². The van der Waals surface area contributed by atoms with Crippen LogP contribution in [0.3, 0.4) is 0 Å². The predicted molar refractivity (Wildman–Crippen MR) is 417 cm³/mol. The smallest absolute Gasteiger partial charge is 0.305 e. The molecule has 0 aromatic heterocycles. The third-order valence-corrected chi connectivity index (χ3v) is 20.4. The Bertz CT molecular complexity index is 1770. The van der Waals surface area contributed by atoms with Crippen molar-refractivity contribution in [1.29, 1.82) is 0 Å². The number of unbranched alkanes of at least 4 members (excludes halogenated alkanes) is 57. The molecular weight excluding hydrogens is 1220 g/mol. The number of aliphatic hydroxyl groups is 5. The zero-order valence-corrected chi connectivity index (χ0v) is 64.5. The third-order valence-electron chi connectivity index (χ3n) is 20.4. The molecule has 1 saturated heterocycles. The summed E-state index contributed by atoms with van der Waals surface area (Å²) in [5.41, 5.74) is 0. The number of hydrogen-bond donors (Lipinski definition) is 6. The number of amides is 1. The molecule has 98 heavy (non-hydrogen) atoms. The van der Waals surface area contributed by atoms with Crippen molar-refractivity contribution in [2.45, 2.75) is 474 Å². The van der Waals surface area contributed by atoms with E-state index in [1.165, 1.54) is 347 Å². The molecule has 6 N–H and O–H groups in total. The van der Waals surface area contributed by atoms with Crippen LogP contribution in [0.5, 0.6) is 0 Å². The lowest BCUT2D eigenvalue weighted by atomic mass is 9.99. The lowest BCUT2D eigenvalue weighted by Crippen LogP contribution is -2.60. The van der Waals surface area contributed by atoms with E-state index in [4.69, 9.17) is 14.2 Å². The minimum atomic E-state index is -1.58. The van der Waals surface area contributed by atoms with Gasteiger partial charge in [-0.25, -0.2) is 0 Å². The van der Waals surface area contributed by atoms with Crippen LogP contribution in [-0.2, 0) is 23.8 Å². The molecule has 0 aliphatic carbocycles. The van der Waals surface area contributed by atoms with Crippen molar-refractivity contribution >= 4 is 11.9 Å². The third kappa shape index (κ3) is 63.3. The van der Waals surface area contributed by atoms with Gasteiger partial charge in [0.05, 0.1) is 32.0 Å². The van der Waals surface area contributed by atoms with Gasteiger partial charge in [0.1, 0.15) is 24.4 Å². The van der Waals surface area contributed by atoms with Gasteiger partial charge in [0, 0.05) is 12.8 Å². The number of hydrogen-bond acceptors (Lipinski definition) is 10. The van der Waals surface area contributed by atoms with Gasteiger partial charge in [-0.05, 0) is 77.0 Å². The number of carbonyl (C=O) groups is 2. The summed E-state index contributed by atoms with van der Waals surface area (Å²) in [7, 11) is 0. The summed E-state index contributed by atoms with van der Waals surface area (Å²) >= 11 is 0. The quantitative estimate of drug-likeness (QED) is 0.0195. The number of ether oxygens (including phenoxy) is 3. The van der Waals surface area contributed by atoms with E-state index in [1.807, 2.05) is 6.08 Å². The lowest BCUT2D eigenvalue weighted by Gasteiger charge is -2.40. The fourth-order valence-electron chi connectivity index (χ4n) is 13.7. The predicted octanol–water partition coefficient (Wildman–Crippen LogP) is 23.8. The molecule has 1 rings (SSSR count). The first-order chi connectivity index (χ1) is 48.2. The Balaban J connectivity index is 1.88. The Morgan fingerprint density at radius 3 is 1.07 bits per heavy atom. The summed E-state index contributed by atoms with van der Waals surface area (Å²) < 4.78 is 16.8. The van der Waals surface area contributed by atoms with Gasteiger partial charge in [0.15, 0.2) is 6.29 Å². The molecule has 0 saturated carbocycles. The van der Waals surface area contributed by atoms with E-state index in [9.17, 15) is 35.1 Å². The average Bonchev–Trinajstić information content (AvgIpc) is 0.831. The van der Waals surface area contributed by atoms with Gasteiger partial charge in [-0.2, -0.15) is 0 Å². The SMILES string of the molecule is CCCCCCCCC/C=C/CC/C=C/C(O)C(COC1OC(CO)C(O)C(O)C1O)NC(=O)CCCCCCCCCCCCCCCCCCC/C=C\C/C=C\CCCCCCCCCCCCCCCCCOC(=O)CCCCCCCCCCCCCCCCCCCC. The van der Waals surface area contributed by atoms with Gasteiger partial charge in [-0.15, -0.1) is 0 Å². The molecule has 1 amide bonds. The minimum Gasteiger partial charge on any atom is -0.466 e. The van der Waals surface area contributed by atoms with Gasteiger partial charge in [0.25, 0.3) is 0 Å². The maximum atomic E-state index is 13.1. The highest BCUT2D eigenvalue weighted by atomic mass is 16.7. The van der Waals surface area contributed by atoms with Crippen LogP contribution in [0.1, 0.15) is 431 Å². The van der Waals surface area contributed by atoms with Gasteiger partial charge in [-0.1, -0.05) is 390 Å². The number of carbonyl (C=O) groups excluding carboxylic acids is 2. The zero-order valence-electron chi connectivity index (χ0n) is 64.5. The standard InChI is InChI=1S/C87H163NO10/c1-3-5-7-9-11-13-15-17-18-19-44-47-51-55-59-63-67-71-75-83(92)96-76-72-68-64-60-56-52-48-45-42-40-38-36-34-32-30-28-26-24-22-20-21-23-25-27-29-31-33-35-37-39-41-43-46-50-54-58-62-66-70-74-82(91)88-79(78-97-87-86(95)85(94)84(93)81(77-89)98-87)80(90)73-69-65-61-57-53-49-16-14-12-10-8-6-4-2/h20-21,24,26,53,57,69,73,79-81,84-87,89-90,93-95H,3-19,22-23,25,27-52,54-56,58-68,70-72,74-78H2,1-2H3,(H,88,91)/b21-20-,26-24-,57-53+,73-69+. The summed E-state index contributed by atoms with van der Waals surface area (Å²) in [5, 5.41) is 54.5. The van der Waals surface area contributed by atoms with Crippen LogP contribution >= 0.6 is 0 Å². The Hall–Kier alpha value is -2.38. The first-order valence-electron chi connectivity index (χ1n) is 42.9. The van der Waals surface area contributed by atoms with Crippen molar-refractivity contribution in [1.82, 2.24) is 5.32 Å². The topological polar surface area (TPSA) is 175 Å². The van der Waals surface area contributed by atoms with Gasteiger partial charge in [0.2, 0.25) is 5.91 Å². The second-order valence-electron chi connectivity index (χ2n) is 29.9. The first-order valence-corrected chi connectivity index (χ1v) is 42.9. The highest BCUT2D eigenvalue weighted by molar-refractivity contribution is 5.76. The zero-order chi connectivity index (χ0) is 70.8. The normalized spacial score (nSPS) is 17.4. The molecule has 0 radical (unpaired) electrons. The molecule has 0 spiro atoms. The Kier molecular flexibility index (Phi) is 72.4. The largest absolute Gasteiger partial charge is 0.466 e. The van der Waals surface area contributed by atoms with Crippen molar-refractivity contribution in [2.24, 2.45) is 0 Å². The van der Waals surface area contributed by atoms with Crippen LogP contribution in [-0.4, -0.2) is 100 Å². The molecule has 7 atom stereocenters. The van der Waals surface area contributed by atoms with Crippen molar-refractivity contribution in [2.75, 3.05) is 19.8 Å². The Morgan fingerprint density at radius 1 is 0.378 bits per heavy atom. The monoisotopic (exact) mass is 1380 g/mol. The van der Waals surface area contributed by atoms with Crippen molar-refractivity contribution < 1.29 is 49.3 Å². The van der Waals surface area contributed by atoms with Crippen LogP contribution < -0.4 is 5.32 Å². The van der Waals surface area contributed by atoms with Crippen LogP contribution in [0.2, 0.25) is 0 Å². The highest BCUT2D eigenvalue weighted by Crippen LogP contribution is 2.24. The molecule has 11 heteroatoms. The van der Waals surface area contributed by atoms with Gasteiger partial charge >= 0.3 is 5.97 Å². The van der Waals surface area contributed by atoms with Crippen LogP contribution in [0, 0.1) is 0 Å². The number of aliphatic hydroxyl groups excluding tert-OH is 5. The van der Waals surface area contributed by atoms with Crippen molar-refractivity contribution in [3.63, 3.8) is 0 Å². The maximum Gasteiger partial charge on any atom is 0.305 e. The van der Waals surface area contributed by atoms with Crippen LogP contribution in [0.15, 0.2) is 48.6 Å². The Labute approximate surface area is 606 Å². The fraction of sp³-hybridized carbons (Fsp3) is 0.885. The van der Waals surface area contributed by atoms with Gasteiger partial charge in [-0.3, -0.25) is 9.59 Å².